The third-order valence-electron chi connectivity index (χ3n) is 1.63. The Hall–Kier alpha value is -0.790. The van der Waals surface area contributed by atoms with Crippen molar-refractivity contribution < 1.29 is 4.79 Å². The average molecular weight is 169 g/mol. The summed E-state index contributed by atoms with van der Waals surface area (Å²) >= 11 is 0. The second-order valence-corrected chi connectivity index (χ2v) is 2.93. The van der Waals surface area contributed by atoms with Crippen LogP contribution in [0, 0.1) is 0 Å². The number of carbonyl (C=O) groups excluding carboxylic acids is 1. The van der Waals surface area contributed by atoms with Gasteiger partial charge in [-0.1, -0.05) is 26.3 Å². The standard InChI is InChI=1S/C10H19NO/c1-4-6-7-9(3)10(12)11-8-5-2/h7H,4-6,8H2,1-3H3,(H,11,12)/b9-7+. The van der Waals surface area contributed by atoms with Crippen LogP contribution < -0.4 is 5.32 Å². The normalized spacial score (nSPS) is 11.4. The lowest BCUT2D eigenvalue weighted by Gasteiger charge is -2.02. The maximum absolute atomic E-state index is 11.2. The van der Waals surface area contributed by atoms with Gasteiger partial charge in [0.05, 0.1) is 0 Å². The molecule has 0 aromatic carbocycles. The predicted molar refractivity (Wildman–Crippen MR) is 52.0 cm³/mol. The van der Waals surface area contributed by atoms with Gasteiger partial charge in [-0.15, -0.1) is 0 Å². The monoisotopic (exact) mass is 169 g/mol. The minimum absolute atomic E-state index is 0.0744. The van der Waals surface area contributed by atoms with Crippen LogP contribution >= 0.6 is 0 Å². The van der Waals surface area contributed by atoms with Gasteiger partial charge < -0.3 is 5.32 Å². The molecule has 0 aromatic rings. The molecule has 0 fully saturated rings. The second kappa shape index (κ2) is 6.89. The lowest BCUT2D eigenvalue weighted by atomic mass is 10.2. The topological polar surface area (TPSA) is 29.1 Å². The van der Waals surface area contributed by atoms with E-state index in [1.807, 2.05) is 19.9 Å². The molecule has 2 heteroatoms. The van der Waals surface area contributed by atoms with Gasteiger partial charge in [-0.3, -0.25) is 4.79 Å². The van der Waals surface area contributed by atoms with E-state index < -0.39 is 0 Å². The second-order valence-electron chi connectivity index (χ2n) is 2.93. The molecule has 70 valence electrons. The molecule has 0 unspecified atom stereocenters. The van der Waals surface area contributed by atoms with Gasteiger partial charge in [0.15, 0.2) is 0 Å². The lowest BCUT2D eigenvalue weighted by molar-refractivity contribution is -0.117. The van der Waals surface area contributed by atoms with Gasteiger partial charge in [0, 0.05) is 12.1 Å². The quantitative estimate of drug-likeness (QED) is 0.628. The molecule has 0 atom stereocenters. The molecule has 0 aliphatic carbocycles. The summed E-state index contributed by atoms with van der Waals surface area (Å²) < 4.78 is 0. The Morgan fingerprint density at radius 1 is 1.33 bits per heavy atom. The third kappa shape index (κ3) is 4.94. The van der Waals surface area contributed by atoms with Gasteiger partial charge in [-0.25, -0.2) is 0 Å². The molecule has 0 heterocycles. The molecule has 2 nitrogen and oxygen atoms in total. The summed E-state index contributed by atoms with van der Waals surface area (Å²) in [5.74, 6) is 0.0744. The molecule has 0 aromatic heterocycles. The van der Waals surface area contributed by atoms with Crippen molar-refractivity contribution in [2.75, 3.05) is 6.54 Å². The Morgan fingerprint density at radius 3 is 2.50 bits per heavy atom. The highest BCUT2D eigenvalue weighted by atomic mass is 16.1. The zero-order valence-electron chi connectivity index (χ0n) is 8.31. The van der Waals surface area contributed by atoms with Crippen LogP contribution in [0.3, 0.4) is 0 Å². The Labute approximate surface area is 75.0 Å². The van der Waals surface area contributed by atoms with Crippen molar-refractivity contribution >= 4 is 5.91 Å². The van der Waals surface area contributed by atoms with Gasteiger partial charge in [-0.2, -0.15) is 0 Å². The van der Waals surface area contributed by atoms with E-state index in [0.717, 1.165) is 31.4 Å². The Bertz CT molecular complexity index is 161. The van der Waals surface area contributed by atoms with E-state index in [9.17, 15) is 4.79 Å². The number of hydrogen-bond acceptors (Lipinski definition) is 1. The van der Waals surface area contributed by atoms with E-state index in [0.29, 0.717) is 0 Å². The van der Waals surface area contributed by atoms with Gasteiger partial charge in [0.2, 0.25) is 5.91 Å². The van der Waals surface area contributed by atoms with Crippen LogP contribution in [-0.4, -0.2) is 12.5 Å². The minimum Gasteiger partial charge on any atom is -0.352 e. The smallest absolute Gasteiger partial charge is 0.246 e. The number of nitrogens with one attached hydrogen (secondary N) is 1. The van der Waals surface area contributed by atoms with E-state index in [4.69, 9.17) is 0 Å². The molecule has 0 saturated carbocycles. The SMILES string of the molecule is CCC/C=C(\C)C(=O)NCCC. The summed E-state index contributed by atoms with van der Waals surface area (Å²) in [5.41, 5.74) is 0.838. The van der Waals surface area contributed by atoms with Crippen molar-refractivity contribution in [3.8, 4) is 0 Å². The first kappa shape index (κ1) is 11.2. The Kier molecular flexibility index (Phi) is 6.44. The van der Waals surface area contributed by atoms with Crippen molar-refractivity contribution in [1.29, 1.82) is 0 Å². The highest BCUT2D eigenvalue weighted by Gasteiger charge is 2.00. The summed E-state index contributed by atoms with van der Waals surface area (Å²) in [5, 5.41) is 2.83. The molecule has 0 aliphatic rings. The summed E-state index contributed by atoms with van der Waals surface area (Å²) in [6, 6.07) is 0. The molecule has 1 N–H and O–H groups in total. The number of amides is 1. The number of hydrogen-bond donors (Lipinski definition) is 1. The van der Waals surface area contributed by atoms with Crippen molar-refractivity contribution in [2.24, 2.45) is 0 Å². The fourth-order valence-corrected chi connectivity index (χ4v) is 0.831. The van der Waals surface area contributed by atoms with Crippen molar-refractivity contribution in [2.45, 2.75) is 40.0 Å². The van der Waals surface area contributed by atoms with E-state index in [-0.39, 0.29) is 5.91 Å². The summed E-state index contributed by atoms with van der Waals surface area (Å²) in [7, 11) is 0. The number of allylic oxidation sites excluding steroid dienone is 1. The van der Waals surface area contributed by atoms with E-state index in [2.05, 4.69) is 12.2 Å². The number of rotatable bonds is 5. The minimum atomic E-state index is 0.0744. The summed E-state index contributed by atoms with van der Waals surface area (Å²) in [4.78, 5) is 11.2. The van der Waals surface area contributed by atoms with Gasteiger partial charge in [0.25, 0.3) is 0 Å². The van der Waals surface area contributed by atoms with Gasteiger partial charge in [-0.05, 0) is 19.8 Å². The van der Waals surface area contributed by atoms with E-state index >= 15 is 0 Å². The van der Waals surface area contributed by atoms with Gasteiger partial charge >= 0.3 is 0 Å². The van der Waals surface area contributed by atoms with Crippen LogP contribution in [-0.2, 0) is 4.79 Å². The van der Waals surface area contributed by atoms with Crippen LogP contribution in [0.2, 0.25) is 0 Å². The molecular formula is C10H19NO. The highest BCUT2D eigenvalue weighted by Crippen LogP contribution is 1.97. The van der Waals surface area contributed by atoms with Gasteiger partial charge in [0.1, 0.15) is 0 Å². The van der Waals surface area contributed by atoms with Crippen LogP contribution in [0.1, 0.15) is 40.0 Å². The largest absolute Gasteiger partial charge is 0.352 e. The maximum Gasteiger partial charge on any atom is 0.246 e. The maximum atomic E-state index is 11.2. The van der Waals surface area contributed by atoms with E-state index in [1.165, 1.54) is 0 Å². The van der Waals surface area contributed by atoms with Crippen molar-refractivity contribution in [1.82, 2.24) is 5.32 Å². The summed E-state index contributed by atoms with van der Waals surface area (Å²) in [6.07, 6.45) is 5.07. The molecule has 0 rings (SSSR count). The van der Waals surface area contributed by atoms with Crippen LogP contribution in [0.4, 0.5) is 0 Å². The number of carbonyl (C=O) groups is 1. The molecular weight excluding hydrogens is 150 g/mol. The lowest BCUT2D eigenvalue weighted by Crippen LogP contribution is -2.24. The first-order valence-electron chi connectivity index (χ1n) is 4.67. The molecule has 0 bridgehead atoms. The fourth-order valence-electron chi connectivity index (χ4n) is 0.831. The van der Waals surface area contributed by atoms with Crippen molar-refractivity contribution in [3.63, 3.8) is 0 Å². The Morgan fingerprint density at radius 2 is 2.00 bits per heavy atom. The van der Waals surface area contributed by atoms with Crippen LogP contribution in [0.25, 0.3) is 0 Å². The molecule has 0 spiro atoms. The molecule has 0 aliphatic heterocycles. The van der Waals surface area contributed by atoms with Crippen molar-refractivity contribution in [3.05, 3.63) is 11.6 Å². The third-order valence-corrected chi connectivity index (χ3v) is 1.63. The van der Waals surface area contributed by atoms with Crippen LogP contribution in [0.15, 0.2) is 11.6 Å². The molecule has 1 amide bonds. The molecule has 12 heavy (non-hydrogen) atoms. The summed E-state index contributed by atoms with van der Waals surface area (Å²) in [6.45, 7) is 6.79. The predicted octanol–water partition coefficient (Wildman–Crippen LogP) is 2.26. The molecule has 0 saturated heterocycles. The zero-order valence-corrected chi connectivity index (χ0v) is 8.31. The van der Waals surface area contributed by atoms with Crippen LogP contribution in [0.5, 0.6) is 0 Å². The first-order valence-corrected chi connectivity index (χ1v) is 4.67. The average Bonchev–Trinajstić information content (AvgIpc) is 2.10. The first-order chi connectivity index (χ1) is 5.72. The highest BCUT2D eigenvalue weighted by molar-refractivity contribution is 5.92. The van der Waals surface area contributed by atoms with E-state index in [1.54, 1.807) is 0 Å². The zero-order chi connectivity index (χ0) is 9.40. The fraction of sp³-hybridized carbons (Fsp3) is 0.700. The Balaban J connectivity index is 3.75. The number of unbranched alkanes of at least 4 members (excludes halogenated alkanes) is 1. The molecule has 0 radical (unpaired) electrons.